The van der Waals surface area contributed by atoms with E-state index in [0.29, 0.717) is 33.9 Å². The molecule has 3 N–H and O–H groups in total. The van der Waals surface area contributed by atoms with Crippen molar-refractivity contribution in [3.05, 3.63) is 57.4 Å². The maximum absolute atomic E-state index is 9.73. The minimum atomic E-state index is -0.453. The predicted octanol–water partition coefficient (Wildman–Crippen LogP) is 3.78. The van der Waals surface area contributed by atoms with Gasteiger partial charge >= 0.3 is 0 Å². The summed E-state index contributed by atoms with van der Waals surface area (Å²) in [6.45, 7) is 2.35. The lowest BCUT2D eigenvalue weighted by molar-refractivity contribution is 0.309. The first-order valence-electron chi connectivity index (χ1n) is 7.90. The standard InChI is InChI=1S/C19H17BrN2O4/c1-3-25-16-7-10(6-14(20)18(16)24-2)17-12-5-4-11(23)8-15(12)26-19(22)13(17)9-21/h4-8,17,23H,3,22H2,1-2H3/t17-/m0/s1. The molecule has 6 nitrogen and oxygen atoms in total. The van der Waals surface area contributed by atoms with Gasteiger partial charge in [0.2, 0.25) is 5.88 Å². The van der Waals surface area contributed by atoms with Crippen molar-refractivity contribution in [3.8, 4) is 29.1 Å². The molecule has 0 radical (unpaired) electrons. The molecule has 0 saturated heterocycles. The van der Waals surface area contributed by atoms with Crippen molar-refractivity contribution in [3.63, 3.8) is 0 Å². The Labute approximate surface area is 159 Å². The first kappa shape index (κ1) is 18.0. The summed E-state index contributed by atoms with van der Waals surface area (Å²) in [6, 6.07) is 10.6. The Kier molecular flexibility index (Phi) is 4.96. The quantitative estimate of drug-likeness (QED) is 0.786. The maximum atomic E-state index is 9.73. The van der Waals surface area contributed by atoms with Crippen LogP contribution in [-0.2, 0) is 0 Å². The zero-order chi connectivity index (χ0) is 18.8. The number of fused-ring (bicyclic) bond motifs is 1. The van der Waals surface area contributed by atoms with Gasteiger partial charge in [0.25, 0.3) is 0 Å². The van der Waals surface area contributed by atoms with E-state index in [2.05, 4.69) is 22.0 Å². The summed E-state index contributed by atoms with van der Waals surface area (Å²) in [5, 5.41) is 19.4. The van der Waals surface area contributed by atoms with Crippen molar-refractivity contribution in [2.75, 3.05) is 13.7 Å². The van der Waals surface area contributed by atoms with Crippen molar-refractivity contribution in [1.82, 2.24) is 0 Å². The molecule has 26 heavy (non-hydrogen) atoms. The van der Waals surface area contributed by atoms with E-state index in [1.807, 2.05) is 19.1 Å². The monoisotopic (exact) mass is 416 g/mol. The average molecular weight is 417 g/mol. The summed E-state index contributed by atoms with van der Waals surface area (Å²) in [5.74, 6) is 1.16. The fourth-order valence-electron chi connectivity index (χ4n) is 3.00. The minimum Gasteiger partial charge on any atom is -0.508 e. The van der Waals surface area contributed by atoms with Crippen LogP contribution in [0.1, 0.15) is 24.0 Å². The van der Waals surface area contributed by atoms with Crippen LogP contribution in [0.2, 0.25) is 0 Å². The fraction of sp³-hybridized carbons (Fsp3) is 0.211. The molecule has 1 aliphatic heterocycles. The largest absolute Gasteiger partial charge is 0.508 e. The molecule has 134 valence electrons. The molecule has 0 fully saturated rings. The van der Waals surface area contributed by atoms with Crippen LogP contribution in [0.5, 0.6) is 23.0 Å². The lowest BCUT2D eigenvalue weighted by atomic mass is 9.83. The van der Waals surface area contributed by atoms with Gasteiger partial charge < -0.3 is 25.1 Å². The van der Waals surface area contributed by atoms with Crippen molar-refractivity contribution in [1.29, 1.82) is 5.26 Å². The van der Waals surface area contributed by atoms with Crippen LogP contribution in [0.4, 0.5) is 0 Å². The molecule has 0 spiro atoms. The Balaban J connectivity index is 2.23. The van der Waals surface area contributed by atoms with Crippen LogP contribution in [0.15, 0.2) is 46.3 Å². The van der Waals surface area contributed by atoms with Gasteiger partial charge in [-0.05, 0) is 46.6 Å². The number of phenols is 1. The number of aromatic hydroxyl groups is 1. The fourth-order valence-corrected chi connectivity index (χ4v) is 3.62. The number of nitrogens with two attached hydrogens (primary N) is 1. The molecule has 2 aromatic carbocycles. The van der Waals surface area contributed by atoms with Gasteiger partial charge in [-0.2, -0.15) is 5.26 Å². The SMILES string of the molecule is CCOc1cc([C@@H]2C(C#N)=C(N)Oc3cc(O)ccc32)cc(Br)c1OC. The van der Waals surface area contributed by atoms with E-state index in [0.717, 1.165) is 11.1 Å². The third-order valence-corrected chi connectivity index (χ3v) is 4.66. The molecular weight excluding hydrogens is 400 g/mol. The van der Waals surface area contributed by atoms with Gasteiger partial charge in [-0.25, -0.2) is 0 Å². The Morgan fingerprint density at radius 2 is 2.12 bits per heavy atom. The highest BCUT2D eigenvalue weighted by molar-refractivity contribution is 9.10. The number of methoxy groups -OCH3 is 1. The molecule has 1 heterocycles. The Morgan fingerprint density at radius 3 is 2.77 bits per heavy atom. The number of nitrogens with zero attached hydrogens (tertiary/aromatic N) is 1. The first-order valence-corrected chi connectivity index (χ1v) is 8.70. The Bertz CT molecular complexity index is 934. The van der Waals surface area contributed by atoms with E-state index in [9.17, 15) is 10.4 Å². The van der Waals surface area contributed by atoms with Gasteiger partial charge in [-0.15, -0.1) is 0 Å². The predicted molar refractivity (Wildman–Crippen MR) is 99.3 cm³/mol. The minimum absolute atomic E-state index is 0.0144. The second-order valence-corrected chi connectivity index (χ2v) is 6.47. The second kappa shape index (κ2) is 7.18. The lowest BCUT2D eigenvalue weighted by Gasteiger charge is -2.27. The smallest absolute Gasteiger partial charge is 0.205 e. The number of allylic oxidation sites excluding steroid dienone is 1. The molecule has 0 aliphatic carbocycles. The zero-order valence-electron chi connectivity index (χ0n) is 14.2. The lowest BCUT2D eigenvalue weighted by Crippen LogP contribution is -2.21. The van der Waals surface area contributed by atoms with Gasteiger partial charge in [0.15, 0.2) is 11.5 Å². The number of benzene rings is 2. The molecule has 7 heteroatoms. The summed E-state index contributed by atoms with van der Waals surface area (Å²) in [4.78, 5) is 0. The van der Waals surface area contributed by atoms with Crippen LogP contribution >= 0.6 is 15.9 Å². The average Bonchev–Trinajstić information content (AvgIpc) is 2.60. The number of phenolic OH excluding ortho intramolecular Hbond substituents is 1. The van der Waals surface area contributed by atoms with Crippen LogP contribution in [0, 0.1) is 11.3 Å². The number of ether oxygens (including phenoxy) is 3. The van der Waals surface area contributed by atoms with Gasteiger partial charge in [-0.1, -0.05) is 6.07 Å². The molecule has 0 bridgehead atoms. The van der Waals surface area contributed by atoms with Crippen LogP contribution in [0.25, 0.3) is 0 Å². The highest BCUT2D eigenvalue weighted by Gasteiger charge is 2.32. The van der Waals surface area contributed by atoms with E-state index in [1.165, 1.54) is 6.07 Å². The van der Waals surface area contributed by atoms with Crippen molar-refractivity contribution < 1.29 is 19.3 Å². The summed E-state index contributed by atoms with van der Waals surface area (Å²) < 4.78 is 17.3. The van der Waals surface area contributed by atoms with Crippen molar-refractivity contribution in [2.24, 2.45) is 5.73 Å². The third kappa shape index (κ3) is 3.04. The van der Waals surface area contributed by atoms with Crippen LogP contribution in [0.3, 0.4) is 0 Å². The number of rotatable bonds is 4. The zero-order valence-corrected chi connectivity index (χ0v) is 15.8. The number of hydrogen-bond donors (Lipinski definition) is 2. The highest BCUT2D eigenvalue weighted by atomic mass is 79.9. The number of nitriles is 1. The Morgan fingerprint density at radius 1 is 1.35 bits per heavy atom. The normalized spacial score (nSPS) is 15.7. The van der Waals surface area contributed by atoms with E-state index in [-0.39, 0.29) is 11.6 Å². The van der Waals surface area contributed by atoms with Gasteiger partial charge in [0.1, 0.15) is 23.1 Å². The van der Waals surface area contributed by atoms with Crippen molar-refractivity contribution in [2.45, 2.75) is 12.8 Å². The highest BCUT2D eigenvalue weighted by Crippen LogP contribution is 2.46. The van der Waals surface area contributed by atoms with Crippen LogP contribution in [-0.4, -0.2) is 18.8 Å². The van der Waals surface area contributed by atoms with Crippen molar-refractivity contribution >= 4 is 15.9 Å². The molecule has 1 aliphatic rings. The molecule has 0 unspecified atom stereocenters. The molecule has 0 amide bonds. The van der Waals surface area contributed by atoms with Gasteiger partial charge in [-0.3, -0.25) is 0 Å². The number of halogens is 1. The molecule has 1 atom stereocenters. The topological polar surface area (TPSA) is 97.7 Å². The maximum Gasteiger partial charge on any atom is 0.205 e. The second-order valence-electron chi connectivity index (χ2n) is 5.61. The van der Waals surface area contributed by atoms with E-state index in [1.54, 1.807) is 19.2 Å². The third-order valence-electron chi connectivity index (χ3n) is 4.07. The molecule has 3 rings (SSSR count). The van der Waals surface area contributed by atoms with E-state index >= 15 is 0 Å². The van der Waals surface area contributed by atoms with Crippen LogP contribution < -0.4 is 19.9 Å². The first-order chi connectivity index (χ1) is 12.5. The Hall–Kier alpha value is -2.85. The van der Waals surface area contributed by atoms with E-state index < -0.39 is 5.92 Å². The van der Waals surface area contributed by atoms with Gasteiger partial charge in [0.05, 0.1) is 24.1 Å². The summed E-state index contributed by atoms with van der Waals surface area (Å²) in [7, 11) is 1.56. The molecule has 2 aromatic rings. The van der Waals surface area contributed by atoms with E-state index in [4.69, 9.17) is 19.9 Å². The summed E-state index contributed by atoms with van der Waals surface area (Å²) in [5.41, 5.74) is 7.77. The number of hydrogen-bond acceptors (Lipinski definition) is 6. The molecule has 0 saturated carbocycles. The summed E-state index contributed by atoms with van der Waals surface area (Å²) >= 11 is 3.50. The molecular formula is C19H17BrN2O4. The molecule has 0 aromatic heterocycles. The van der Waals surface area contributed by atoms with Gasteiger partial charge in [0, 0.05) is 11.6 Å². The summed E-state index contributed by atoms with van der Waals surface area (Å²) in [6.07, 6.45) is 0.